The molecule has 1 amide bonds. The van der Waals surface area contributed by atoms with E-state index in [9.17, 15) is 9.59 Å². The van der Waals surface area contributed by atoms with E-state index < -0.39 is 11.9 Å². The molecule has 2 N–H and O–H groups in total. The van der Waals surface area contributed by atoms with Gasteiger partial charge in [-0.3, -0.25) is 9.78 Å². The van der Waals surface area contributed by atoms with Crippen LogP contribution in [0, 0.1) is 0 Å². The molecule has 0 saturated carbocycles. The SMILES string of the molecule is O=C(NCc1cc(C(=O)O)ccn1)C1=COCCO1. The van der Waals surface area contributed by atoms with Gasteiger partial charge in [-0.25, -0.2) is 4.79 Å². The maximum Gasteiger partial charge on any atom is 0.335 e. The van der Waals surface area contributed by atoms with Crippen LogP contribution >= 0.6 is 0 Å². The third-order valence-corrected chi connectivity index (χ3v) is 2.37. The number of aromatic carboxylic acids is 1. The lowest BCUT2D eigenvalue weighted by atomic mass is 10.2. The largest absolute Gasteiger partial charge is 0.494 e. The molecule has 19 heavy (non-hydrogen) atoms. The summed E-state index contributed by atoms with van der Waals surface area (Å²) in [6.07, 6.45) is 2.63. The van der Waals surface area contributed by atoms with E-state index in [2.05, 4.69) is 10.3 Å². The number of hydrogen-bond donors (Lipinski definition) is 2. The highest BCUT2D eigenvalue weighted by atomic mass is 16.6. The van der Waals surface area contributed by atoms with E-state index in [1.54, 1.807) is 0 Å². The third-order valence-electron chi connectivity index (χ3n) is 2.37. The summed E-state index contributed by atoms with van der Waals surface area (Å²) in [5.41, 5.74) is 0.571. The zero-order chi connectivity index (χ0) is 13.7. The zero-order valence-corrected chi connectivity index (χ0v) is 9.96. The van der Waals surface area contributed by atoms with E-state index >= 15 is 0 Å². The average molecular weight is 264 g/mol. The van der Waals surface area contributed by atoms with Crippen LogP contribution in [0.3, 0.4) is 0 Å². The fourth-order valence-corrected chi connectivity index (χ4v) is 1.45. The number of carboxylic acid groups (broad SMARTS) is 1. The van der Waals surface area contributed by atoms with E-state index in [-0.39, 0.29) is 17.9 Å². The van der Waals surface area contributed by atoms with E-state index in [4.69, 9.17) is 14.6 Å². The van der Waals surface area contributed by atoms with Crippen molar-refractivity contribution in [1.82, 2.24) is 10.3 Å². The van der Waals surface area contributed by atoms with Gasteiger partial charge in [0.2, 0.25) is 5.76 Å². The Morgan fingerprint density at radius 1 is 1.42 bits per heavy atom. The predicted molar refractivity (Wildman–Crippen MR) is 63.0 cm³/mol. The third kappa shape index (κ3) is 3.44. The van der Waals surface area contributed by atoms with Gasteiger partial charge in [-0.15, -0.1) is 0 Å². The molecule has 0 saturated heterocycles. The molecule has 0 unspecified atom stereocenters. The van der Waals surface area contributed by atoms with Gasteiger partial charge in [0.25, 0.3) is 5.91 Å². The first kappa shape index (κ1) is 12.9. The Labute approximate surface area is 108 Å². The van der Waals surface area contributed by atoms with Crippen molar-refractivity contribution in [2.45, 2.75) is 6.54 Å². The second-order valence-corrected chi connectivity index (χ2v) is 3.73. The summed E-state index contributed by atoms with van der Waals surface area (Å²) < 4.78 is 10.1. The highest BCUT2D eigenvalue weighted by molar-refractivity contribution is 5.91. The predicted octanol–water partition coefficient (Wildman–Crippen LogP) is 0.284. The van der Waals surface area contributed by atoms with Gasteiger partial charge < -0.3 is 19.9 Å². The number of carboxylic acids is 1. The number of carbonyl (C=O) groups is 2. The quantitative estimate of drug-likeness (QED) is 0.810. The van der Waals surface area contributed by atoms with Crippen LogP contribution in [0.1, 0.15) is 16.1 Å². The van der Waals surface area contributed by atoms with Crippen molar-refractivity contribution >= 4 is 11.9 Å². The molecule has 100 valence electrons. The summed E-state index contributed by atoms with van der Waals surface area (Å²) in [6.45, 7) is 0.853. The Morgan fingerprint density at radius 2 is 2.26 bits per heavy atom. The minimum atomic E-state index is -1.04. The number of aromatic nitrogens is 1. The van der Waals surface area contributed by atoms with Crippen LogP contribution in [0.2, 0.25) is 0 Å². The van der Waals surface area contributed by atoms with Crippen LogP contribution in [-0.4, -0.2) is 35.2 Å². The number of nitrogens with one attached hydrogen (secondary N) is 1. The molecule has 0 bridgehead atoms. The van der Waals surface area contributed by atoms with Gasteiger partial charge in [0.15, 0.2) is 0 Å². The van der Waals surface area contributed by atoms with E-state index in [0.717, 1.165) is 0 Å². The molecule has 7 heteroatoms. The van der Waals surface area contributed by atoms with Crippen molar-refractivity contribution in [3.05, 3.63) is 41.6 Å². The number of pyridine rings is 1. The van der Waals surface area contributed by atoms with Crippen LogP contribution in [0.25, 0.3) is 0 Å². The highest BCUT2D eigenvalue weighted by Gasteiger charge is 2.14. The first-order valence-corrected chi connectivity index (χ1v) is 5.58. The van der Waals surface area contributed by atoms with Gasteiger partial charge in [-0.1, -0.05) is 0 Å². The van der Waals surface area contributed by atoms with Crippen LogP contribution in [0.5, 0.6) is 0 Å². The average Bonchev–Trinajstić information content (AvgIpc) is 2.46. The van der Waals surface area contributed by atoms with Gasteiger partial charge in [0.05, 0.1) is 17.8 Å². The number of ether oxygens (including phenoxy) is 2. The number of hydrogen-bond acceptors (Lipinski definition) is 5. The molecule has 2 heterocycles. The molecule has 0 fully saturated rings. The number of amides is 1. The molecule has 2 rings (SSSR count). The second kappa shape index (κ2) is 5.85. The van der Waals surface area contributed by atoms with Crippen LogP contribution in [0.15, 0.2) is 30.4 Å². The lowest BCUT2D eigenvalue weighted by Gasteiger charge is -2.14. The Bertz CT molecular complexity index is 527. The molecule has 0 atom stereocenters. The summed E-state index contributed by atoms with van der Waals surface area (Å²) in [5, 5.41) is 11.4. The summed E-state index contributed by atoms with van der Waals surface area (Å²) in [6, 6.07) is 2.78. The summed E-state index contributed by atoms with van der Waals surface area (Å²) >= 11 is 0. The zero-order valence-electron chi connectivity index (χ0n) is 9.96. The molecule has 7 nitrogen and oxygen atoms in total. The van der Waals surface area contributed by atoms with Crippen molar-refractivity contribution in [1.29, 1.82) is 0 Å². The van der Waals surface area contributed by atoms with Crippen molar-refractivity contribution in [2.75, 3.05) is 13.2 Å². The molecular formula is C12H12N2O5. The first-order valence-electron chi connectivity index (χ1n) is 5.58. The maximum atomic E-state index is 11.7. The van der Waals surface area contributed by atoms with Crippen molar-refractivity contribution < 1.29 is 24.2 Å². The van der Waals surface area contributed by atoms with E-state index in [1.807, 2.05) is 0 Å². The number of carbonyl (C=O) groups excluding carboxylic acids is 1. The molecule has 1 aliphatic rings. The molecule has 0 radical (unpaired) electrons. The van der Waals surface area contributed by atoms with Crippen molar-refractivity contribution in [3.8, 4) is 0 Å². The molecule has 1 aromatic heterocycles. The summed E-state index contributed by atoms with van der Waals surface area (Å²) in [4.78, 5) is 26.4. The summed E-state index contributed by atoms with van der Waals surface area (Å²) in [5.74, 6) is -1.37. The normalized spacial score (nSPS) is 13.8. The Hall–Kier alpha value is -2.57. The summed E-state index contributed by atoms with van der Waals surface area (Å²) in [7, 11) is 0. The Balaban J connectivity index is 1.95. The lowest BCUT2D eigenvalue weighted by Crippen LogP contribution is -2.28. The molecule has 0 aliphatic carbocycles. The minimum Gasteiger partial charge on any atom is -0.494 e. The second-order valence-electron chi connectivity index (χ2n) is 3.73. The number of rotatable bonds is 4. The van der Waals surface area contributed by atoms with E-state index in [1.165, 1.54) is 24.6 Å². The molecule has 1 aliphatic heterocycles. The van der Waals surface area contributed by atoms with Gasteiger partial charge in [0, 0.05) is 6.20 Å². The Morgan fingerprint density at radius 3 is 2.95 bits per heavy atom. The van der Waals surface area contributed by atoms with Crippen LogP contribution in [0.4, 0.5) is 0 Å². The standard InChI is InChI=1S/C12H12N2O5/c15-11(10-7-18-3-4-19-10)14-6-9-5-8(12(16)17)1-2-13-9/h1-2,5,7H,3-4,6H2,(H,14,15)(H,16,17). The fraction of sp³-hybridized carbons (Fsp3) is 0.250. The van der Waals surface area contributed by atoms with Gasteiger partial charge in [0.1, 0.15) is 19.5 Å². The smallest absolute Gasteiger partial charge is 0.335 e. The molecular weight excluding hydrogens is 252 g/mol. The van der Waals surface area contributed by atoms with Crippen LogP contribution in [-0.2, 0) is 20.8 Å². The Kier molecular flexibility index (Phi) is 3.97. The van der Waals surface area contributed by atoms with Gasteiger partial charge in [-0.2, -0.15) is 0 Å². The van der Waals surface area contributed by atoms with Gasteiger partial charge >= 0.3 is 5.97 Å². The molecule has 1 aromatic rings. The lowest BCUT2D eigenvalue weighted by molar-refractivity contribution is -0.122. The molecule has 0 aromatic carbocycles. The molecule has 0 spiro atoms. The van der Waals surface area contributed by atoms with Crippen molar-refractivity contribution in [3.63, 3.8) is 0 Å². The van der Waals surface area contributed by atoms with E-state index in [0.29, 0.717) is 18.9 Å². The minimum absolute atomic E-state index is 0.0978. The topological polar surface area (TPSA) is 97.8 Å². The maximum absolute atomic E-state index is 11.7. The van der Waals surface area contributed by atoms with Crippen LogP contribution < -0.4 is 5.32 Å². The fourth-order valence-electron chi connectivity index (χ4n) is 1.45. The van der Waals surface area contributed by atoms with Gasteiger partial charge in [-0.05, 0) is 12.1 Å². The van der Waals surface area contributed by atoms with Crippen molar-refractivity contribution in [2.24, 2.45) is 0 Å². The highest BCUT2D eigenvalue weighted by Crippen LogP contribution is 2.05. The monoisotopic (exact) mass is 264 g/mol. The number of nitrogens with zero attached hydrogens (tertiary/aromatic N) is 1. The first-order chi connectivity index (χ1) is 9.16.